The van der Waals surface area contributed by atoms with Gasteiger partial charge in [-0.3, -0.25) is 14.4 Å². The van der Waals surface area contributed by atoms with Gasteiger partial charge in [-0.05, 0) is 30.9 Å². The molecule has 32 heavy (non-hydrogen) atoms. The second-order valence-electron chi connectivity index (χ2n) is 9.14. The standard InChI is InChI=1S/C24H30N4O3S/c1-15(2)11-21(29)25-18-9-7-16(8-10-18)20-14-32-24(26-20)27-23(31)17-12-22(30)28(13-17)19-5-3-4-6-19/h7-10,14-15,17,19H,3-6,11-13H2,1-2H3,(H,25,29)(H,26,27,31). The van der Waals surface area contributed by atoms with Crippen molar-refractivity contribution in [1.29, 1.82) is 0 Å². The van der Waals surface area contributed by atoms with Crippen LogP contribution in [-0.2, 0) is 14.4 Å². The maximum Gasteiger partial charge on any atom is 0.231 e. The van der Waals surface area contributed by atoms with Crippen molar-refractivity contribution < 1.29 is 14.4 Å². The van der Waals surface area contributed by atoms with Crippen molar-refractivity contribution in [3.63, 3.8) is 0 Å². The number of hydrogen-bond acceptors (Lipinski definition) is 5. The highest BCUT2D eigenvalue weighted by Crippen LogP contribution is 2.31. The average Bonchev–Trinajstić information content (AvgIpc) is 3.48. The van der Waals surface area contributed by atoms with Crippen molar-refractivity contribution in [3.8, 4) is 11.3 Å². The van der Waals surface area contributed by atoms with E-state index in [1.165, 1.54) is 24.2 Å². The molecule has 1 unspecified atom stereocenters. The molecule has 2 N–H and O–H groups in total. The van der Waals surface area contributed by atoms with E-state index in [0.717, 1.165) is 29.8 Å². The third-order valence-corrected chi connectivity index (χ3v) is 6.84. The van der Waals surface area contributed by atoms with Crippen LogP contribution in [0.4, 0.5) is 10.8 Å². The quantitative estimate of drug-likeness (QED) is 0.643. The van der Waals surface area contributed by atoms with Gasteiger partial charge in [0.25, 0.3) is 0 Å². The molecule has 2 aliphatic rings. The van der Waals surface area contributed by atoms with E-state index in [9.17, 15) is 14.4 Å². The summed E-state index contributed by atoms with van der Waals surface area (Å²) in [5.41, 5.74) is 2.42. The summed E-state index contributed by atoms with van der Waals surface area (Å²) in [6.45, 7) is 4.53. The van der Waals surface area contributed by atoms with Gasteiger partial charge in [-0.2, -0.15) is 0 Å². The predicted molar refractivity (Wildman–Crippen MR) is 126 cm³/mol. The van der Waals surface area contributed by atoms with Gasteiger partial charge < -0.3 is 15.5 Å². The van der Waals surface area contributed by atoms with Crippen LogP contribution >= 0.6 is 11.3 Å². The Balaban J connectivity index is 1.33. The van der Waals surface area contributed by atoms with E-state index in [1.54, 1.807) is 0 Å². The van der Waals surface area contributed by atoms with Gasteiger partial charge in [-0.15, -0.1) is 11.3 Å². The summed E-state index contributed by atoms with van der Waals surface area (Å²) in [5.74, 6) is -0.0426. The fourth-order valence-electron chi connectivity index (χ4n) is 4.45. The minimum absolute atomic E-state index is 0.00305. The van der Waals surface area contributed by atoms with Gasteiger partial charge in [0.2, 0.25) is 17.7 Å². The number of nitrogens with zero attached hydrogens (tertiary/aromatic N) is 2. The Labute approximate surface area is 192 Å². The van der Waals surface area contributed by atoms with Gasteiger partial charge in [0.15, 0.2) is 5.13 Å². The lowest BCUT2D eigenvalue weighted by atomic mass is 10.1. The first-order chi connectivity index (χ1) is 15.4. The van der Waals surface area contributed by atoms with Gasteiger partial charge in [0, 0.05) is 42.1 Å². The molecule has 2 heterocycles. The van der Waals surface area contributed by atoms with Crippen molar-refractivity contribution in [3.05, 3.63) is 29.6 Å². The number of carbonyl (C=O) groups excluding carboxylic acids is 3. The minimum Gasteiger partial charge on any atom is -0.339 e. The third kappa shape index (κ3) is 5.35. The molecule has 1 saturated carbocycles. The first-order valence-corrected chi connectivity index (χ1v) is 12.2. The Kier molecular flexibility index (Phi) is 6.89. The fraction of sp³-hybridized carbons (Fsp3) is 0.500. The Morgan fingerprint density at radius 2 is 1.88 bits per heavy atom. The molecule has 1 saturated heterocycles. The van der Waals surface area contributed by atoms with E-state index in [4.69, 9.17) is 0 Å². The maximum atomic E-state index is 12.7. The van der Waals surface area contributed by atoms with E-state index in [0.29, 0.717) is 30.1 Å². The van der Waals surface area contributed by atoms with Crippen molar-refractivity contribution in [2.75, 3.05) is 17.2 Å². The van der Waals surface area contributed by atoms with Gasteiger partial charge in [0.1, 0.15) is 0 Å². The lowest BCUT2D eigenvalue weighted by molar-refractivity contribution is -0.130. The number of aromatic nitrogens is 1. The zero-order valence-corrected chi connectivity index (χ0v) is 19.4. The summed E-state index contributed by atoms with van der Waals surface area (Å²) < 4.78 is 0. The van der Waals surface area contributed by atoms with Crippen LogP contribution < -0.4 is 10.6 Å². The second-order valence-corrected chi connectivity index (χ2v) is 9.99. The number of nitrogens with one attached hydrogen (secondary N) is 2. The minimum atomic E-state index is -0.316. The highest BCUT2D eigenvalue weighted by atomic mass is 32.1. The van der Waals surface area contributed by atoms with Crippen LogP contribution in [0.3, 0.4) is 0 Å². The topological polar surface area (TPSA) is 91.4 Å². The molecule has 170 valence electrons. The third-order valence-electron chi connectivity index (χ3n) is 6.09. The van der Waals surface area contributed by atoms with Crippen LogP contribution in [0.1, 0.15) is 52.4 Å². The Morgan fingerprint density at radius 3 is 2.56 bits per heavy atom. The smallest absolute Gasteiger partial charge is 0.231 e. The van der Waals surface area contributed by atoms with E-state index in [2.05, 4.69) is 15.6 Å². The molecule has 3 amide bonds. The molecule has 0 spiro atoms. The molecule has 0 bridgehead atoms. The van der Waals surface area contributed by atoms with Crippen LogP contribution in [-0.4, -0.2) is 40.2 Å². The number of carbonyl (C=O) groups is 3. The SMILES string of the molecule is CC(C)CC(=O)Nc1ccc(-c2csc(NC(=O)C3CC(=O)N(C4CCCC4)C3)n2)cc1. The van der Waals surface area contributed by atoms with E-state index in [-0.39, 0.29) is 30.1 Å². The van der Waals surface area contributed by atoms with Gasteiger partial charge in [-0.1, -0.05) is 38.8 Å². The van der Waals surface area contributed by atoms with Crippen LogP contribution in [0, 0.1) is 11.8 Å². The number of amides is 3. The highest BCUT2D eigenvalue weighted by molar-refractivity contribution is 7.14. The number of thiazole rings is 1. The Bertz CT molecular complexity index is 979. The number of benzene rings is 1. The van der Waals surface area contributed by atoms with E-state index in [1.807, 2.05) is 48.4 Å². The largest absolute Gasteiger partial charge is 0.339 e. The summed E-state index contributed by atoms with van der Waals surface area (Å²) in [6.07, 6.45) is 5.20. The molecule has 1 aromatic heterocycles. The van der Waals surface area contributed by atoms with Crippen LogP contribution in [0.2, 0.25) is 0 Å². The van der Waals surface area contributed by atoms with Gasteiger partial charge in [0.05, 0.1) is 11.6 Å². The highest BCUT2D eigenvalue weighted by Gasteiger charge is 2.38. The number of anilines is 2. The summed E-state index contributed by atoms with van der Waals surface area (Å²) in [6, 6.07) is 7.83. The predicted octanol–water partition coefficient (Wildman–Crippen LogP) is 4.52. The summed E-state index contributed by atoms with van der Waals surface area (Å²) in [7, 11) is 0. The van der Waals surface area contributed by atoms with Crippen molar-refractivity contribution in [1.82, 2.24) is 9.88 Å². The molecule has 1 aliphatic heterocycles. The Morgan fingerprint density at radius 1 is 1.16 bits per heavy atom. The monoisotopic (exact) mass is 454 g/mol. The molecular formula is C24H30N4O3S. The first-order valence-electron chi connectivity index (χ1n) is 11.3. The van der Waals surface area contributed by atoms with Gasteiger partial charge >= 0.3 is 0 Å². The molecule has 2 fully saturated rings. The molecule has 1 aromatic carbocycles. The lowest BCUT2D eigenvalue weighted by Gasteiger charge is -2.23. The summed E-state index contributed by atoms with van der Waals surface area (Å²) >= 11 is 1.37. The zero-order chi connectivity index (χ0) is 22.7. The van der Waals surface area contributed by atoms with Crippen molar-refractivity contribution in [2.24, 2.45) is 11.8 Å². The van der Waals surface area contributed by atoms with Crippen LogP contribution in [0.25, 0.3) is 11.3 Å². The van der Waals surface area contributed by atoms with E-state index < -0.39 is 0 Å². The van der Waals surface area contributed by atoms with Gasteiger partial charge in [-0.25, -0.2) is 4.98 Å². The van der Waals surface area contributed by atoms with Crippen molar-refractivity contribution >= 4 is 39.9 Å². The molecule has 8 heteroatoms. The fourth-order valence-corrected chi connectivity index (χ4v) is 5.18. The second kappa shape index (κ2) is 9.81. The zero-order valence-electron chi connectivity index (χ0n) is 18.6. The van der Waals surface area contributed by atoms with Crippen LogP contribution in [0.5, 0.6) is 0 Å². The van der Waals surface area contributed by atoms with Crippen molar-refractivity contribution in [2.45, 2.75) is 58.4 Å². The number of likely N-dealkylation sites (tertiary alicyclic amines) is 1. The number of hydrogen-bond donors (Lipinski definition) is 2. The molecule has 1 aliphatic carbocycles. The molecule has 7 nitrogen and oxygen atoms in total. The molecular weight excluding hydrogens is 424 g/mol. The summed E-state index contributed by atoms with van der Waals surface area (Å²) in [5, 5.41) is 8.22. The lowest BCUT2D eigenvalue weighted by Crippen LogP contribution is -2.35. The average molecular weight is 455 g/mol. The number of rotatable bonds is 7. The van der Waals surface area contributed by atoms with Crippen LogP contribution in [0.15, 0.2) is 29.6 Å². The molecule has 0 radical (unpaired) electrons. The van der Waals surface area contributed by atoms with E-state index >= 15 is 0 Å². The summed E-state index contributed by atoms with van der Waals surface area (Å²) in [4.78, 5) is 43.5. The molecule has 1 atom stereocenters. The maximum absolute atomic E-state index is 12.7. The molecule has 2 aromatic rings. The Hall–Kier alpha value is -2.74. The first kappa shape index (κ1) is 22.5. The normalized spacial score (nSPS) is 19.0. The molecule has 4 rings (SSSR count).